The SMILES string of the molecule is O=C(O)[C@H]1C[C@H](OC2CCN(c3ccc(-c4nc5ccc(C(F)(F)F)cc5[nH]4)cn3)CC2)C1. The van der Waals surface area contributed by atoms with Crippen LogP contribution >= 0.6 is 0 Å². The van der Waals surface area contributed by atoms with E-state index >= 15 is 0 Å². The molecule has 0 amide bonds. The molecule has 33 heavy (non-hydrogen) atoms. The molecule has 2 aliphatic rings. The van der Waals surface area contributed by atoms with E-state index in [1.807, 2.05) is 12.1 Å². The molecule has 1 aliphatic heterocycles. The van der Waals surface area contributed by atoms with Crippen LogP contribution in [0.4, 0.5) is 19.0 Å². The maximum atomic E-state index is 12.9. The van der Waals surface area contributed by atoms with Crippen LogP contribution in [0.1, 0.15) is 31.2 Å². The molecular weight excluding hydrogens is 437 g/mol. The zero-order chi connectivity index (χ0) is 23.2. The number of aromatic amines is 1. The third-order valence-electron chi connectivity index (χ3n) is 6.43. The van der Waals surface area contributed by atoms with E-state index in [-0.39, 0.29) is 18.1 Å². The predicted molar refractivity (Wildman–Crippen MR) is 115 cm³/mol. The van der Waals surface area contributed by atoms with E-state index in [2.05, 4.69) is 19.9 Å². The van der Waals surface area contributed by atoms with Gasteiger partial charge in [-0.15, -0.1) is 0 Å². The second-order valence-electron chi connectivity index (χ2n) is 8.67. The van der Waals surface area contributed by atoms with Crippen LogP contribution in [0.15, 0.2) is 36.5 Å². The van der Waals surface area contributed by atoms with Gasteiger partial charge >= 0.3 is 12.1 Å². The topological polar surface area (TPSA) is 91.3 Å². The van der Waals surface area contributed by atoms with Crippen molar-refractivity contribution in [2.75, 3.05) is 18.0 Å². The van der Waals surface area contributed by atoms with E-state index in [1.54, 1.807) is 6.20 Å². The molecular formula is C23H23F3N4O3. The van der Waals surface area contributed by atoms with Crippen molar-refractivity contribution in [2.24, 2.45) is 5.92 Å². The highest BCUT2D eigenvalue weighted by Gasteiger charge is 2.37. The highest BCUT2D eigenvalue weighted by molar-refractivity contribution is 5.80. The Hall–Kier alpha value is -3.14. The molecule has 2 N–H and O–H groups in total. The number of anilines is 1. The first-order chi connectivity index (χ1) is 15.8. The average Bonchev–Trinajstić information content (AvgIpc) is 3.19. The number of ether oxygens (including phenoxy) is 1. The Bertz CT molecular complexity index is 1150. The molecule has 2 fully saturated rings. The standard InChI is InChI=1S/C23H23F3N4O3/c24-23(25,26)15-2-3-18-19(11-15)29-21(28-18)13-1-4-20(27-12-13)30-7-5-16(6-8-30)33-17-9-14(10-17)22(31)32/h1-4,11-12,14,16-17H,5-10H2,(H,28,29)(H,31,32)/t14-,17-. The minimum atomic E-state index is -4.40. The van der Waals surface area contributed by atoms with Gasteiger partial charge in [0.15, 0.2) is 0 Å². The van der Waals surface area contributed by atoms with Crippen LogP contribution < -0.4 is 4.90 Å². The van der Waals surface area contributed by atoms with Crippen molar-refractivity contribution in [1.29, 1.82) is 0 Å². The molecule has 0 spiro atoms. The summed E-state index contributed by atoms with van der Waals surface area (Å²) in [5.41, 5.74) is 0.766. The van der Waals surface area contributed by atoms with E-state index in [0.29, 0.717) is 35.3 Å². The molecule has 10 heteroatoms. The van der Waals surface area contributed by atoms with Gasteiger partial charge in [-0.2, -0.15) is 13.2 Å². The number of H-pyrrole nitrogens is 1. The van der Waals surface area contributed by atoms with Gasteiger partial charge in [0, 0.05) is 24.8 Å². The van der Waals surface area contributed by atoms with Crippen LogP contribution in [-0.4, -0.2) is 51.3 Å². The Morgan fingerprint density at radius 3 is 2.52 bits per heavy atom. The number of hydrogen-bond donors (Lipinski definition) is 2. The first-order valence-corrected chi connectivity index (χ1v) is 10.9. The lowest BCUT2D eigenvalue weighted by Gasteiger charge is -2.38. The zero-order valence-corrected chi connectivity index (χ0v) is 17.7. The number of imidazole rings is 1. The van der Waals surface area contributed by atoms with Crippen molar-refractivity contribution in [3.05, 3.63) is 42.1 Å². The Morgan fingerprint density at radius 1 is 1.12 bits per heavy atom. The number of halogens is 3. The van der Waals surface area contributed by atoms with Gasteiger partial charge in [-0.05, 0) is 56.0 Å². The van der Waals surface area contributed by atoms with Gasteiger partial charge in [0.1, 0.15) is 11.6 Å². The Kier molecular flexibility index (Phi) is 5.48. The fourth-order valence-electron chi connectivity index (χ4n) is 4.41. The van der Waals surface area contributed by atoms with E-state index in [1.165, 1.54) is 6.07 Å². The van der Waals surface area contributed by atoms with Gasteiger partial charge in [-0.1, -0.05) is 0 Å². The Labute approximate surface area is 187 Å². The molecule has 1 aliphatic carbocycles. The number of carboxylic acid groups (broad SMARTS) is 1. The van der Waals surface area contributed by atoms with Crippen molar-refractivity contribution in [2.45, 2.75) is 44.1 Å². The molecule has 5 rings (SSSR count). The van der Waals surface area contributed by atoms with Gasteiger partial charge in [0.05, 0.1) is 34.7 Å². The van der Waals surface area contributed by atoms with Crippen molar-refractivity contribution in [1.82, 2.24) is 15.0 Å². The molecule has 0 bridgehead atoms. The lowest BCUT2D eigenvalue weighted by molar-refractivity contribution is -0.154. The molecule has 3 aromatic rings. The maximum Gasteiger partial charge on any atom is 0.416 e. The van der Waals surface area contributed by atoms with E-state index in [9.17, 15) is 18.0 Å². The number of pyridine rings is 1. The molecule has 0 radical (unpaired) electrons. The van der Waals surface area contributed by atoms with Crippen LogP contribution in [0, 0.1) is 5.92 Å². The summed E-state index contributed by atoms with van der Waals surface area (Å²) >= 11 is 0. The number of carbonyl (C=O) groups is 1. The minimum absolute atomic E-state index is 0.0519. The average molecular weight is 460 g/mol. The second kappa shape index (κ2) is 8.33. The highest BCUT2D eigenvalue weighted by Crippen LogP contribution is 2.34. The number of fused-ring (bicyclic) bond motifs is 1. The second-order valence-corrected chi connectivity index (χ2v) is 8.67. The number of aromatic nitrogens is 3. The molecule has 2 aromatic heterocycles. The number of rotatable bonds is 5. The first kappa shape index (κ1) is 21.7. The van der Waals surface area contributed by atoms with Crippen LogP contribution in [0.3, 0.4) is 0 Å². The number of piperidine rings is 1. The van der Waals surface area contributed by atoms with Gasteiger partial charge < -0.3 is 19.7 Å². The summed E-state index contributed by atoms with van der Waals surface area (Å²) in [6.45, 7) is 1.58. The molecule has 0 unspecified atom stereocenters. The summed E-state index contributed by atoms with van der Waals surface area (Å²) in [5.74, 6) is 0.280. The highest BCUT2D eigenvalue weighted by atomic mass is 19.4. The number of nitrogens with one attached hydrogen (secondary N) is 1. The number of carboxylic acids is 1. The Morgan fingerprint density at radius 2 is 1.88 bits per heavy atom. The predicted octanol–water partition coefficient (Wildman–Crippen LogP) is 4.49. The van der Waals surface area contributed by atoms with Crippen molar-refractivity contribution >= 4 is 22.8 Å². The van der Waals surface area contributed by atoms with Crippen LogP contribution in [-0.2, 0) is 15.7 Å². The molecule has 174 valence electrons. The third kappa shape index (κ3) is 4.52. The monoisotopic (exact) mass is 460 g/mol. The largest absolute Gasteiger partial charge is 0.481 e. The quantitative estimate of drug-likeness (QED) is 0.583. The summed E-state index contributed by atoms with van der Waals surface area (Å²) in [4.78, 5) is 24.9. The van der Waals surface area contributed by atoms with Crippen molar-refractivity contribution in [3.8, 4) is 11.4 Å². The van der Waals surface area contributed by atoms with E-state index in [0.717, 1.165) is 43.9 Å². The van der Waals surface area contributed by atoms with Crippen LogP contribution in [0.5, 0.6) is 0 Å². The molecule has 1 saturated carbocycles. The Balaban J connectivity index is 1.19. The first-order valence-electron chi connectivity index (χ1n) is 10.9. The summed E-state index contributed by atoms with van der Waals surface area (Å²) in [5, 5.41) is 8.97. The number of aliphatic carboxylic acids is 1. The molecule has 3 heterocycles. The van der Waals surface area contributed by atoms with E-state index < -0.39 is 17.7 Å². The van der Waals surface area contributed by atoms with Crippen molar-refractivity contribution < 1.29 is 27.8 Å². The number of alkyl halides is 3. The molecule has 1 aromatic carbocycles. The number of hydrogen-bond acceptors (Lipinski definition) is 5. The van der Waals surface area contributed by atoms with Crippen molar-refractivity contribution in [3.63, 3.8) is 0 Å². The molecule has 1 saturated heterocycles. The maximum absolute atomic E-state index is 12.9. The smallest absolute Gasteiger partial charge is 0.416 e. The van der Waals surface area contributed by atoms with Gasteiger partial charge in [0.25, 0.3) is 0 Å². The summed E-state index contributed by atoms with van der Waals surface area (Å²) < 4.78 is 44.9. The normalized spacial score (nSPS) is 21.8. The van der Waals surface area contributed by atoms with Gasteiger partial charge in [0.2, 0.25) is 0 Å². The fourth-order valence-corrected chi connectivity index (χ4v) is 4.41. The summed E-state index contributed by atoms with van der Waals surface area (Å²) in [7, 11) is 0. The summed E-state index contributed by atoms with van der Waals surface area (Å²) in [6, 6.07) is 7.18. The number of benzene rings is 1. The molecule has 0 atom stereocenters. The molecule has 7 nitrogen and oxygen atoms in total. The van der Waals surface area contributed by atoms with Crippen LogP contribution in [0.25, 0.3) is 22.4 Å². The summed E-state index contributed by atoms with van der Waals surface area (Å²) in [6.07, 6.45) is 0.343. The van der Waals surface area contributed by atoms with Gasteiger partial charge in [-0.25, -0.2) is 9.97 Å². The lowest BCUT2D eigenvalue weighted by Crippen LogP contribution is -2.43. The lowest BCUT2D eigenvalue weighted by atomic mass is 9.82. The fraction of sp³-hybridized carbons (Fsp3) is 0.435. The minimum Gasteiger partial charge on any atom is -0.481 e. The zero-order valence-electron chi connectivity index (χ0n) is 17.7. The van der Waals surface area contributed by atoms with E-state index in [4.69, 9.17) is 9.84 Å². The number of nitrogens with zero attached hydrogens (tertiary/aromatic N) is 3. The van der Waals surface area contributed by atoms with Gasteiger partial charge in [-0.3, -0.25) is 4.79 Å². The third-order valence-corrected chi connectivity index (χ3v) is 6.43. The van der Waals surface area contributed by atoms with Crippen LogP contribution in [0.2, 0.25) is 0 Å².